The summed E-state index contributed by atoms with van der Waals surface area (Å²) in [7, 11) is 1.64. The highest BCUT2D eigenvalue weighted by Gasteiger charge is 2.07. The SMILES string of the molecule is COc1cccc2cc(C(=N)N)sc12. The second-order valence-corrected chi connectivity index (χ2v) is 3.96. The lowest BCUT2D eigenvalue weighted by Gasteiger charge is -1.98. The molecule has 14 heavy (non-hydrogen) atoms. The van der Waals surface area contributed by atoms with E-state index in [0.717, 1.165) is 20.7 Å². The Morgan fingerprint density at radius 3 is 2.93 bits per heavy atom. The number of rotatable bonds is 2. The fraction of sp³-hybridized carbons (Fsp3) is 0.100. The summed E-state index contributed by atoms with van der Waals surface area (Å²) in [4.78, 5) is 0.782. The Morgan fingerprint density at radius 2 is 2.29 bits per heavy atom. The molecule has 0 aliphatic heterocycles. The van der Waals surface area contributed by atoms with Gasteiger partial charge in [0.05, 0.1) is 16.7 Å². The van der Waals surface area contributed by atoms with Gasteiger partial charge in [-0.15, -0.1) is 11.3 Å². The van der Waals surface area contributed by atoms with Gasteiger partial charge in [-0.05, 0) is 17.5 Å². The minimum Gasteiger partial charge on any atom is -0.495 e. The molecule has 4 heteroatoms. The maximum absolute atomic E-state index is 7.34. The Morgan fingerprint density at radius 1 is 1.50 bits per heavy atom. The topological polar surface area (TPSA) is 59.1 Å². The third-order valence-electron chi connectivity index (χ3n) is 1.99. The summed E-state index contributed by atoms with van der Waals surface area (Å²) in [6.45, 7) is 0. The number of nitrogen functional groups attached to an aromatic ring is 1. The van der Waals surface area contributed by atoms with Gasteiger partial charge in [0.2, 0.25) is 0 Å². The Kier molecular flexibility index (Phi) is 2.13. The Balaban J connectivity index is 2.70. The van der Waals surface area contributed by atoms with Gasteiger partial charge in [-0.25, -0.2) is 0 Å². The minimum absolute atomic E-state index is 0.105. The van der Waals surface area contributed by atoms with Gasteiger partial charge in [0.1, 0.15) is 11.6 Å². The van der Waals surface area contributed by atoms with Crippen molar-refractivity contribution in [2.75, 3.05) is 7.11 Å². The zero-order valence-corrected chi connectivity index (χ0v) is 8.52. The number of nitrogens with one attached hydrogen (secondary N) is 1. The number of benzene rings is 1. The second-order valence-electron chi connectivity index (χ2n) is 2.90. The molecule has 2 aromatic rings. The molecule has 0 aliphatic carbocycles. The van der Waals surface area contributed by atoms with Crippen molar-refractivity contribution in [3.8, 4) is 5.75 Å². The fourth-order valence-corrected chi connectivity index (χ4v) is 2.34. The standard InChI is InChI=1S/C10H10N2OS/c1-13-7-4-2-3-6-5-8(10(11)12)14-9(6)7/h2-5H,1H3,(H3,11,12). The van der Waals surface area contributed by atoms with Crippen LogP contribution >= 0.6 is 11.3 Å². The van der Waals surface area contributed by atoms with Crippen molar-refractivity contribution in [1.29, 1.82) is 5.41 Å². The molecule has 1 aromatic carbocycles. The molecule has 0 bridgehead atoms. The molecule has 0 saturated heterocycles. The maximum atomic E-state index is 7.34. The van der Waals surface area contributed by atoms with Crippen LogP contribution < -0.4 is 10.5 Å². The summed E-state index contributed by atoms with van der Waals surface area (Å²) in [6.07, 6.45) is 0. The number of amidine groups is 1. The smallest absolute Gasteiger partial charge is 0.136 e. The first-order valence-electron chi connectivity index (χ1n) is 4.13. The molecule has 0 saturated carbocycles. The molecule has 3 nitrogen and oxygen atoms in total. The van der Waals surface area contributed by atoms with Gasteiger partial charge in [0, 0.05) is 0 Å². The second kappa shape index (κ2) is 3.31. The first-order valence-corrected chi connectivity index (χ1v) is 4.95. The van der Waals surface area contributed by atoms with Crippen LogP contribution in [0.25, 0.3) is 10.1 Å². The summed E-state index contributed by atoms with van der Waals surface area (Å²) in [5, 5.41) is 8.41. The summed E-state index contributed by atoms with van der Waals surface area (Å²) in [6, 6.07) is 7.73. The third-order valence-corrected chi connectivity index (χ3v) is 3.19. The van der Waals surface area contributed by atoms with E-state index in [0.29, 0.717) is 0 Å². The number of nitrogens with two attached hydrogens (primary N) is 1. The Hall–Kier alpha value is -1.55. The normalized spacial score (nSPS) is 10.4. The summed E-state index contributed by atoms with van der Waals surface area (Å²) < 4.78 is 6.26. The van der Waals surface area contributed by atoms with Gasteiger partial charge in [0.15, 0.2) is 0 Å². The van der Waals surface area contributed by atoms with Crippen LogP contribution in [0, 0.1) is 5.41 Å². The van der Waals surface area contributed by atoms with E-state index in [2.05, 4.69) is 0 Å². The first-order chi connectivity index (χ1) is 6.72. The lowest BCUT2D eigenvalue weighted by molar-refractivity contribution is 0.420. The molecule has 0 aliphatic rings. The van der Waals surface area contributed by atoms with Crippen molar-refractivity contribution < 1.29 is 4.74 Å². The number of hydrogen-bond acceptors (Lipinski definition) is 3. The average Bonchev–Trinajstić information content (AvgIpc) is 2.60. The van der Waals surface area contributed by atoms with Crippen LogP contribution in [-0.4, -0.2) is 12.9 Å². The van der Waals surface area contributed by atoms with Crippen LogP contribution in [-0.2, 0) is 0 Å². The van der Waals surface area contributed by atoms with Crippen LogP contribution in [0.2, 0.25) is 0 Å². The van der Waals surface area contributed by atoms with E-state index in [1.54, 1.807) is 7.11 Å². The molecule has 2 rings (SSSR count). The van der Waals surface area contributed by atoms with E-state index < -0.39 is 0 Å². The van der Waals surface area contributed by atoms with Crippen LogP contribution in [0.5, 0.6) is 5.75 Å². The van der Waals surface area contributed by atoms with E-state index in [9.17, 15) is 0 Å². The third kappa shape index (κ3) is 1.33. The molecular formula is C10H10N2OS. The van der Waals surface area contributed by atoms with Crippen molar-refractivity contribution >= 4 is 27.3 Å². The van der Waals surface area contributed by atoms with E-state index in [-0.39, 0.29) is 5.84 Å². The molecule has 0 radical (unpaired) electrons. The summed E-state index contributed by atoms with van der Waals surface area (Å²) >= 11 is 1.48. The van der Waals surface area contributed by atoms with Crippen LogP contribution in [0.4, 0.5) is 0 Å². The number of methoxy groups -OCH3 is 1. The van der Waals surface area contributed by atoms with Gasteiger partial charge < -0.3 is 10.5 Å². The molecule has 72 valence electrons. The van der Waals surface area contributed by atoms with Crippen molar-refractivity contribution in [3.05, 3.63) is 29.1 Å². The van der Waals surface area contributed by atoms with Crippen molar-refractivity contribution in [2.24, 2.45) is 5.73 Å². The molecule has 1 aromatic heterocycles. The number of fused-ring (bicyclic) bond motifs is 1. The van der Waals surface area contributed by atoms with Crippen LogP contribution in [0.15, 0.2) is 24.3 Å². The van der Waals surface area contributed by atoms with Crippen molar-refractivity contribution in [1.82, 2.24) is 0 Å². The zero-order chi connectivity index (χ0) is 10.1. The number of hydrogen-bond donors (Lipinski definition) is 2. The van der Waals surface area contributed by atoms with Gasteiger partial charge >= 0.3 is 0 Å². The quantitative estimate of drug-likeness (QED) is 0.584. The highest BCUT2D eigenvalue weighted by atomic mass is 32.1. The van der Waals surface area contributed by atoms with Gasteiger partial charge in [-0.2, -0.15) is 0 Å². The lowest BCUT2D eigenvalue weighted by atomic mass is 10.2. The summed E-state index contributed by atoms with van der Waals surface area (Å²) in [5.74, 6) is 0.938. The molecule has 0 atom stereocenters. The van der Waals surface area contributed by atoms with Gasteiger partial charge in [-0.3, -0.25) is 5.41 Å². The number of ether oxygens (including phenoxy) is 1. The Bertz CT molecular complexity index is 490. The maximum Gasteiger partial charge on any atom is 0.136 e. The van der Waals surface area contributed by atoms with Gasteiger partial charge in [-0.1, -0.05) is 12.1 Å². The van der Waals surface area contributed by atoms with E-state index >= 15 is 0 Å². The Labute approximate surface area is 85.6 Å². The monoisotopic (exact) mass is 206 g/mol. The van der Waals surface area contributed by atoms with Crippen molar-refractivity contribution in [2.45, 2.75) is 0 Å². The molecule has 0 amide bonds. The molecule has 0 fully saturated rings. The highest BCUT2D eigenvalue weighted by molar-refractivity contribution is 7.21. The van der Waals surface area contributed by atoms with Crippen LogP contribution in [0.1, 0.15) is 4.88 Å². The van der Waals surface area contributed by atoms with Crippen molar-refractivity contribution in [3.63, 3.8) is 0 Å². The highest BCUT2D eigenvalue weighted by Crippen LogP contribution is 2.32. The molecule has 3 N–H and O–H groups in total. The largest absolute Gasteiger partial charge is 0.495 e. The number of thiophene rings is 1. The zero-order valence-electron chi connectivity index (χ0n) is 7.70. The predicted molar refractivity (Wildman–Crippen MR) is 59.4 cm³/mol. The first kappa shape index (κ1) is 9.02. The lowest BCUT2D eigenvalue weighted by Crippen LogP contribution is -2.08. The van der Waals surface area contributed by atoms with E-state index in [4.69, 9.17) is 15.9 Å². The minimum atomic E-state index is 0.105. The van der Waals surface area contributed by atoms with Gasteiger partial charge in [0.25, 0.3) is 0 Å². The molecular weight excluding hydrogens is 196 g/mol. The average molecular weight is 206 g/mol. The fourth-order valence-electron chi connectivity index (χ4n) is 1.33. The van der Waals surface area contributed by atoms with E-state index in [1.807, 2.05) is 24.3 Å². The molecule has 0 unspecified atom stereocenters. The predicted octanol–water partition coefficient (Wildman–Crippen LogP) is 2.19. The van der Waals surface area contributed by atoms with Crippen LogP contribution in [0.3, 0.4) is 0 Å². The molecule has 0 spiro atoms. The molecule has 1 heterocycles. The van der Waals surface area contributed by atoms with E-state index in [1.165, 1.54) is 11.3 Å². The summed E-state index contributed by atoms with van der Waals surface area (Å²) in [5.41, 5.74) is 5.42.